The van der Waals surface area contributed by atoms with Crippen molar-refractivity contribution in [1.29, 1.82) is 0 Å². The van der Waals surface area contributed by atoms with Crippen molar-refractivity contribution < 1.29 is 14.3 Å². The van der Waals surface area contributed by atoms with Crippen molar-refractivity contribution >= 4 is 34.3 Å². The lowest BCUT2D eigenvalue weighted by Gasteiger charge is -2.12. The van der Waals surface area contributed by atoms with Crippen LogP contribution in [0.3, 0.4) is 0 Å². The number of aromatic hydroxyl groups is 1. The number of carbonyl (C=O) groups is 1. The van der Waals surface area contributed by atoms with Gasteiger partial charge in [-0.05, 0) is 47.2 Å². The summed E-state index contributed by atoms with van der Waals surface area (Å²) in [7, 11) is 0. The number of carbonyl (C=O) groups excluding carboxylic acids is 1. The van der Waals surface area contributed by atoms with E-state index in [2.05, 4.69) is 10.3 Å². The van der Waals surface area contributed by atoms with Crippen LogP contribution in [0, 0.1) is 5.82 Å². The molecule has 0 fully saturated rings. The number of nitrogens with one attached hydrogen (secondary N) is 1. The Labute approximate surface area is 167 Å². The number of aliphatic imine (C=N–C) groups is 1. The molecule has 0 aromatic heterocycles. The van der Waals surface area contributed by atoms with Crippen molar-refractivity contribution in [2.45, 2.75) is 0 Å². The summed E-state index contributed by atoms with van der Waals surface area (Å²) in [5.74, 6) is -1.01. The monoisotopic (exact) mass is 384 g/mol. The van der Waals surface area contributed by atoms with Gasteiger partial charge >= 0.3 is 0 Å². The van der Waals surface area contributed by atoms with Crippen LogP contribution in [0.5, 0.6) is 5.75 Å². The molecule has 142 valence electrons. The van der Waals surface area contributed by atoms with Gasteiger partial charge in [0.15, 0.2) is 0 Å². The Morgan fingerprint density at radius 3 is 2.48 bits per heavy atom. The van der Waals surface area contributed by atoms with E-state index < -0.39 is 11.7 Å². The van der Waals surface area contributed by atoms with Gasteiger partial charge in [-0.1, -0.05) is 48.5 Å². The highest BCUT2D eigenvalue weighted by atomic mass is 19.1. The number of hydrogen-bond acceptors (Lipinski definition) is 3. The molecular formula is C24H17FN2O2. The lowest BCUT2D eigenvalue weighted by atomic mass is 9.99. The van der Waals surface area contributed by atoms with Crippen molar-refractivity contribution in [2.75, 3.05) is 5.32 Å². The van der Waals surface area contributed by atoms with Gasteiger partial charge in [0.25, 0.3) is 5.91 Å². The third-order valence-corrected chi connectivity index (χ3v) is 4.49. The Morgan fingerprint density at radius 1 is 0.931 bits per heavy atom. The summed E-state index contributed by atoms with van der Waals surface area (Å²) in [6, 6.07) is 23.9. The molecule has 0 atom stereocenters. The Kier molecular flexibility index (Phi) is 5.03. The maximum atomic E-state index is 13.4. The summed E-state index contributed by atoms with van der Waals surface area (Å²) >= 11 is 0. The minimum Gasteiger partial charge on any atom is -0.506 e. The summed E-state index contributed by atoms with van der Waals surface area (Å²) < 4.78 is 13.4. The van der Waals surface area contributed by atoms with Gasteiger partial charge in [0.2, 0.25) is 0 Å². The average molecular weight is 384 g/mol. The predicted octanol–water partition coefficient (Wildman–Crippen LogP) is 5.69. The molecule has 1 amide bonds. The molecule has 4 aromatic rings. The molecule has 0 aliphatic heterocycles. The summed E-state index contributed by atoms with van der Waals surface area (Å²) in [6.45, 7) is 0. The number of para-hydroxylation sites is 1. The van der Waals surface area contributed by atoms with Crippen LogP contribution in [0.2, 0.25) is 0 Å². The molecule has 0 saturated carbocycles. The molecule has 0 bridgehead atoms. The van der Waals surface area contributed by atoms with Gasteiger partial charge in [0.1, 0.15) is 11.6 Å². The van der Waals surface area contributed by atoms with Gasteiger partial charge < -0.3 is 10.4 Å². The van der Waals surface area contributed by atoms with Gasteiger partial charge in [-0.25, -0.2) is 4.39 Å². The number of amides is 1. The van der Waals surface area contributed by atoms with Crippen molar-refractivity contribution in [3.05, 3.63) is 102 Å². The number of fused-ring (bicyclic) bond motifs is 1. The number of phenols is 1. The first-order chi connectivity index (χ1) is 14.1. The number of nitrogens with zero attached hydrogens (tertiary/aromatic N) is 1. The zero-order valence-electron chi connectivity index (χ0n) is 15.3. The van der Waals surface area contributed by atoms with Crippen molar-refractivity contribution in [3.8, 4) is 5.75 Å². The maximum absolute atomic E-state index is 13.4. The van der Waals surface area contributed by atoms with E-state index in [1.165, 1.54) is 18.3 Å². The lowest BCUT2D eigenvalue weighted by Crippen LogP contribution is -2.12. The second-order valence-electron chi connectivity index (χ2n) is 6.47. The first-order valence-electron chi connectivity index (χ1n) is 9.02. The fraction of sp³-hybridized carbons (Fsp3) is 0. The average Bonchev–Trinajstić information content (AvgIpc) is 2.73. The van der Waals surface area contributed by atoms with Crippen LogP contribution in [-0.4, -0.2) is 17.2 Å². The van der Waals surface area contributed by atoms with E-state index in [0.29, 0.717) is 16.9 Å². The van der Waals surface area contributed by atoms with Crippen molar-refractivity contribution in [2.24, 2.45) is 4.99 Å². The maximum Gasteiger partial charge on any atom is 0.259 e. The summed E-state index contributed by atoms with van der Waals surface area (Å²) in [4.78, 5) is 17.1. The third kappa shape index (κ3) is 3.99. The molecule has 29 heavy (non-hydrogen) atoms. The van der Waals surface area contributed by atoms with Crippen LogP contribution in [0.25, 0.3) is 10.8 Å². The Hall–Kier alpha value is -3.99. The van der Waals surface area contributed by atoms with E-state index in [0.717, 1.165) is 10.8 Å². The van der Waals surface area contributed by atoms with Crippen LogP contribution in [0.1, 0.15) is 15.9 Å². The normalized spacial score (nSPS) is 11.1. The van der Waals surface area contributed by atoms with E-state index in [-0.39, 0.29) is 11.3 Å². The van der Waals surface area contributed by atoms with E-state index >= 15 is 0 Å². The number of rotatable bonds is 4. The van der Waals surface area contributed by atoms with Crippen LogP contribution in [0.15, 0.2) is 89.9 Å². The molecule has 0 aliphatic rings. The zero-order valence-corrected chi connectivity index (χ0v) is 15.3. The highest BCUT2D eigenvalue weighted by Crippen LogP contribution is 2.31. The van der Waals surface area contributed by atoms with E-state index in [1.807, 2.05) is 42.5 Å². The molecule has 0 radical (unpaired) electrons. The number of hydrogen-bond donors (Lipinski definition) is 2. The predicted molar refractivity (Wildman–Crippen MR) is 114 cm³/mol. The summed E-state index contributed by atoms with van der Waals surface area (Å²) in [5.41, 5.74) is 1.56. The second kappa shape index (κ2) is 7.94. The first kappa shape index (κ1) is 18.4. The van der Waals surface area contributed by atoms with Crippen LogP contribution in [-0.2, 0) is 0 Å². The zero-order chi connectivity index (χ0) is 20.2. The number of benzene rings is 4. The molecule has 0 aliphatic carbocycles. The minimum absolute atomic E-state index is 0.133. The highest BCUT2D eigenvalue weighted by Gasteiger charge is 2.17. The summed E-state index contributed by atoms with van der Waals surface area (Å²) in [6.07, 6.45) is 1.45. The molecule has 2 N–H and O–H groups in total. The molecular weight excluding hydrogens is 367 g/mol. The van der Waals surface area contributed by atoms with Crippen LogP contribution < -0.4 is 5.32 Å². The van der Waals surface area contributed by atoms with Gasteiger partial charge in [-0.2, -0.15) is 0 Å². The number of halogens is 1. The fourth-order valence-corrected chi connectivity index (χ4v) is 3.08. The van der Waals surface area contributed by atoms with Gasteiger partial charge in [-0.3, -0.25) is 9.79 Å². The molecule has 5 heteroatoms. The smallest absolute Gasteiger partial charge is 0.259 e. The molecule has 4 aromatic carbocycles. The van der Waals surface area contributed by atoms with E-state index in [4.69, 9.17) is 0 Å². The highest BCUT2D eigenvalue weighted by molar-refractivity contribution is 6.13. The van der Waals surface area contributed by atoms with Crippen molar-refractivity contribution in [1.82, 2.24) is 0 Å². The molecule has 0 unspecified atom stereocenters. The molecule has 0 spiro atoms. The van der Waals surface area contributed by atoms with Crippen LogP contribution in [0.4, 0.5) is 15.8 Å². The SMILES string of the molecule is O=C(Nc1ccccc1)c1cc2ccccc2c(/C=N\c2cccc(F)c2)c1O. The Bertz CT molecular complexity index is 1220. The second-order valence-corrected chi connectivity index (χ2v) is 6.47. The number of phenolic OH excluding ortho intramolecular Hbond substituents is 1. The fourth-order valence-electron chi connectivity index (χ4n) is 3.08. The lowest BCUT2D eigenvalue weighted by molar-refractivity contribution is 0.102. The molecule has 4 rings (SSSR count). The summed E-state index contributed by atoms with van der Waals surface area (Å²) in [5, 5.41) is 15.1. The van der Waals surface area contributed by atoms with E-state index in [1.54, 1.807) is 30.3 Å². The Morgan fingerprint density at radius 2 is 1.69 bits per heavy atom. The molecule has 0 heterocycles. The van der Waals surface area contributed by atoms with Crippen molar-refractivity contribution in [3.63, 3.8) is 0 Å². The quantitative estimate of drug-likeness (QED) is 0.444. The Balaban J connectivity index is 1.78. The molecule has 0 saturated heterocycles. The largest absolute Gasteiger partial charge is 0.506 e. The standard InChI is InChI=1S/C24H17FN2O2/c25-17-8-6-11-19(14-17)26-15-22-20-12-5-4-7-16(20)13-21(23(22)28)24(29)27-18-9-2-1-3-10-18/h1-15,28H,(H,27,29)/b26-15-. The van der Waals surface area contributed by atoms with E-state index in [9.17, 15) is 14.3 Å². The topological polar surface area (TPSA) is 61.7 Å². The third-order valence-electron chi connectivity index (χ3n) is 4.49. The van der Waals surface area contributed by atoms with Gasteiger partial charge in [-0.15, -0.1) is 0 Å². The van der Waals surface area contributed by atoms with Gasteiger partial charge in [0.05, 0.1) is 11.3 Å². The van der Waals surface area contributed by atoms with Gasteiger partial charge in [0, 0.05) is 17.5 Å². The molecule has 4 nitrogen and oxygen atoms in total. The van der Waals surface area contributed by atoms with Crippen LogP contribution >= 0.6 is 0 Å². The number of anilines is 1. The first-order valence-corrected chi connectivity index (χ1v) is 9.02. The minimum atomic E-state index is -0.431.